The molecular weight excluding hydrogens is 266 g/mol. The van der Waals surface area contributed by atoms with Crippen molar-refractivity contribution in [2.24, 2.45) is 11.7 Å². The van der Waals surface area contributed by atoms with Crippen LogP contribution in [0.5, 0.6) is 0 Å². The summed E-state index contributed by atoms with van der Waals surface area (Å²) >= 11 is 0. The fraction of sp³-hybridized carbons (Fsp3) is 0.667. The van der Waals surface area contributed by atoms with Crippen LogP contribution in [0.4, 0.5) is 5.82 Å². The van der Waals surface area contributed by atoms with Gasteiger partial charge < -0.3 is 16.0 Å². The Hall–Kier alpha value is -1.69. The van der Waals surface area contributed by atoms with E-state index in [1.54, 1.807) is 6.07 Å². The molecule has 1 aliphatic heterocycles. The number of aromatic nitrogens is 2. The van der Waals surface area contributed by atoms with Gasteiger partial charge in [0.15, 0.2) is 11.5 Å². The molecule has 2 rings (SSSR count). The van der Waals surface area contributed by atoms with Crippen LogP contribution in [0.2, 0.25) is 0 Å². The van der Waals surface area contributed by atoms with E-state index in [2.05, 4.69) is 34.3 Å². The zero-order valence-electron chi connectivity index (χ0n) is 12.9. The van der Waals surface area contributed by atoms with Gasteiger partial charge in [-0.25, -0.2) is 0 Å². The first-order valence-electron chi connectivity index (χ1n) is 7.69. The molecule has 6 heteroatoms. The van der Waals surface area contributed by atoms with Gasteiger partial charge in [-0.05, 0) is 37.3 Å². The maximum atomic E-state index is 12.1. The Morgan fingerprint density at radius 1 is 1.33 bits per heavy atom. The van der Waals surface area contributed by atoms with E-state index in [-0.39, 0.29) is 11.9 Å². The van der Waals surface area contributed by atoms with Crippen LogP contribution < -0.4 is 16.0 Å². The van der Waals surface area contributed by atoms with Crippen LogP contribution in [-0.4, -0.2) is 41.8 Å². The minimum absolute atomic E-state index is 0.0161. The molecule has 1 aromatic heterocycles. The third-order valence-electron chi connectivity index (χ3n) is 3.69. The van der Waals surface area contributed by atoms with Crippen molar-refractivity contribution in [3.05, 3.63) is 17.8 Å². The van der Waals surface area contributed by atoms with Gasteiger partial charge in [0.05, 0.1) is 0 Å². The molecule has 1 atom stereocenters. The Morgan fingerprint density at radius 3 is 2.57 bits per heavy atom. The summed E-state index contributed by atoms with van der Waals surface area (Å²) in [5.74, 6) is 1.13. The molecule has 1 amide bonds. The number of nitrogens with two attached hydrogens (primary N) is 1. The molecule has 1 unspecified atom stereocenters. The summed E-state index contributed by atoms with van der Waals surface area (Å²) in [5, 5.41) is 11.1. The SMILES string of the molecule is CC(C)CC(CN)NC(=O)c1ccc(N2CCCC2)nn1. The predicted octanol–water partition coefficient (Wildman–Crippen LogP) is 1.18. The Bertz CT molecular complexity index is 454. The molecule has 3 N–H and O–H groups in total. The van der Waals surface area contributed by atoms with Crippen molar-refractivity contribution in [1.82, 2.24) is 15.5 Å². The molecule has 0 aromatic carbocycles. The number of amides is 1. The van der Waals surface area contributed by atoms with E-state index >= 15 is 0 Å². The van der Waals surface area contributed by atoms with Gasteiger partial charge in [0.25, 0.3) is 5.91 Å². The summed E-state index contributed by atoms with van der Waals surface area (Å²) in [4.78, 5) is 14.3. The van der Waals surface area contributed by atoms with Crippen molar-refractivity contribution < 1.29 is 4.79 Å². The predicted molar refractivity (Wildman–Crippen MR) is 83.2 cm³/mol. The molecule has 1 aliphatic rings. The van der Waals surface area contributed by atoms with Gasteiger partial charge in [0, 0.05) is 25.7 Å². The average Bonchev–Trinajstić information content (AvgIpc) is 3.00. The lowest BCUT2D eigenvalue weighted by molar-refractivity contribution is 0.0927. The Morgan fingerprint density at radius 2 is 2.05 bits per heavy atom. The number of carbonyl (C=O) groups is 1. The summed E-state index contributed by atoms with van der Waals surface area (Å²) in [6.07, 6.45) is 3.25. The van der Waals surface area contributed by atoms with Crippen molar-refractivity contribution in [2.75, 3.05) is 24.5 Å². The maximum absolute atomic E-state index is 12.1. The third kappa shape index (κ3) is 4.39. The van der Waals surface area contributed by atoms with Crippen LogP contribution in [-0.2, 0) is 0 Å². The van der Waals surface area contributed by atoms with Gasteiger partial charge in [-0.2, -0.15) is 0 Å². The summed E-state index contributed by atoms with van der Waals surface area (Å²) in [5.41, 5.74) is 6.04. The minimum Gasteiger partial charge on any atom is -0.355 e. The maximum Gasteiger partial charge on any atom is 0.272 e. The fourth-order valence-electron chi connectivity index (χ4n) is 2.60. The molecule has 0 aliphatic carbocycles. The lowest BCUT2D eigenvalue weighted by Gasteiger charge is -2.19. The highest BCUT2D eigenvalue weighted by atomic mass is 16.2. The highest BCUT2D eigenvalue weighted by Crippen LogP contribution is 2.16. The number of nitrogens with zero attached hydrogens (tertiary/aromatic N) is 3. The van der Waals surface area contributed by atoms with Gasteiger partial charge >= 0.3 is 0 Å². The molecule has 0 bridgehead atoms. The number of hydrogen-bond acceptors (Lipinski definition) is 5. The molecule has 116 valence electrons. The fourth-order valence-corrected chi connectivity index (χ4v) is 2.60. The second-order valence-corrected chi connectivity index (χ2v) is 6.01. The summed E-state index contributed by atoms with van der Waals surface area (Å²) < 4.78 is 0. The van der Waals surface area contributed by atoms with E-state index in [1.165, 1.54) is 12.8 Å². The first-order chi connectivity index (χ1) is 10.1. The van der Waals surface area contributed by atoms with Gasteiger partial charge in [-0.1, -0.05) is 13.8 Å². The van der Waals surface area contributed by atoms with E-state index in [0.29, 0.717) is 18.2 Å². The number of anilines is 1. The van der Waals surface area contributed by atoms with E-state index in [0.717, 1.165) is 25.3 Å². The molecule has 0 spiro atoms. The Balaban J connectivity index is 1.95. The minimum atomic E-state index is -0.202. The number of hydrogen-bond donors (Lipinski definition) is 2. The van der Waals surface area contributed by atoms with E-state index < -0.39 is 0 Å². The van der Waals surface area contributed by atoms with Crippen LogP contribution in [0.3, 0.4) is 0 Å². The standard InChI is InChI=1S/C15H25N5O/c1-11(2)9-12(10-16)17-15(21)13-5-6-14(19-18-13)20-7-3-4-8-20/h5-6,11-12H,3-4,7-10,16H2,1-2H3,(H,17,21). The lowest BCUT2D eigenvalue weighted by Crippen LogP contribution is -2.41. The van der Waals surface area contributed by atoms with Crippen LogP contribution >= 0.6 is 0 Å². The van der Waals surface area contributed by atoms with Crippen LogP contribution in [0.1, 0.15) is 43.6 Å². The molecule has 6 nitrogen and oxygen atoms in total. The Labute approximate surface area is 126 Å². The first kappa shape index (κ1) is 15.7. The zero-order chi connectivity index (χ0) is 15.2. The van der Waals surface area contributed by atoms with Gasteiger partial charge in [-0.15, -0.1) is 10.2 Å². The average molecular weight is 291 g/mol. The van der Waals surface area contributed by atoms with Gasteiger partial charge in [0.1, 0.15) is 0 Å². The first-order valence-corrected chi connectivity index (χ1v) is 7.69. The molecular formula is C15H25N5O. The molecule has 2 heterocycles. The number of rotatable bonds is 6. The third-order valence-corrected chi connectivity index (χ3v) is 3.69. The summed E-state index contributed by atoms with van der Waals surface area (Å²) in [6, 6.07) is 3.59. The smallest absolute Gasteiger partial charge is 0.272 e. The van der Waals surface area contributed by atoms with Crippen molar-refractivity contribution in [3.63, 3.8) is 0 Å². The summed E-state index contributed by atoms with van der Waals surface area (Å²) in [6.45, 7) is 6.69. The number of nitrogens with one attached hydrogen (secondary N) is 1. The molecule has 0 radical (unpaired) electrons. The second-order valence-electron chi connectivity index (χ2n) is 6.01. The molecule has 1 saturated heterocycles. The number of carbonyl (C=O) groups excluding carboxylic acids is 1. The van der Waals surface area contributed by atoms with Crippen LogP contribution in [0.15, 0.2) is 12.1 Å². The van der Waals surface area contributed by atoms with Crippen LogP contribution in [0.25, 0.3) is 0 Å². The van der Waals surface area contributed by atoms with E-state index in [1.807, 2.05) is 6.07 Å². The molecule has 1 aromatic rings. The lowest BCUT2D eigenvalue weighted by atomic mass is 10.0. The van der Waals surface area contributed by atoms with Crippen molar-refractivity contribution in [3.8, 4) is 0 Å². The van der Waals surface area contributed by atoms with Crippen molar-refractivity contribution in [1.29, 1.82) is 0 Å². The second kappa shape index (κ2) is 7.36. The normalized spacial score (nSPS) is 16.3. The highest BCUT2D eigenvalue weighted by Gasteiger charge is 2.17. The highest BCUT2D eigenvalue weighted by molar-refractivity contribution is 5.92. The van der Waals surface area contributed by atoms with E-state index in [4.69, 9.17) is 5.73 Å². The molecule has 1 fully saturated rings. The van der Waals surface area contributed by atoms with E-state index in [9.17, 15) is 4.79 Å². The molecule has 21 heavy (non-hydrogen) atoms. The summed E-state index contributed by atoms with van der Waals surface area (Å²) in [7, 11) is 0. The van der Waals surface area contributed by atoms with Gasteiger partial charge in [0.2, 0.25) is 0 Å². The monoisotopic (exact) mass is 291 g/mol. The quantitative estimate of drug-likeness (QED) is 0.822. The van der Waals surface area contributed by atoms with Gasteiger partial charge in [-0.3, -0.25) is 4.79 Å². The topological polar surface area (TPSA) is 84.1 Å². The zero-order valence-corrected chi connectivity index (χ0v) is 12.9. The van der Waals surface area contributed by atoms with Crippen LogP contribution in [0, 0.1) is 5.92 Å². The van der Waals surface area contributed by atoms with Crippen molar-refractivity contribution in [2.45, 2.75) is 39.2 Å². The van der Waals surface area contributed by atoms with Crippen molar-refractivity contribution >= 4 is 11.7 Å². The Kier molecular flexibility index (Phi) is 5.50. The molecule has 0 saturated carbocycles. The largest absolute Gasteiger partial charge is 0.355 e.